The largest absolute Gasteiger partial charge is 0.341 e. The molecule has 0 saturated heterocycles. The van der Waals surface area contributed by atoms with Crippen LogP contribution < -0.4 is 0 Å². The Balaban J connectivity index is 1.89. The summed E-state index contributed by atoms with van der Waals surface area (Å²) in [6, 6.07) is 10.3. The van der Waals surface area contributed by atoms with Gasteiger partial charge in [-0.15, -0.1) is 0 Å². The number of rotatable bonds is 6. The lowest BCUT2D eigenvalue weighted by Gasteiger charge is -2.27. The van der Waals surface area contributed by atoms with Crippen LogP contribution in [0.5, 0.6) is 0 Å². The summed E-state index contributed by atoms with van der Waals surface area (Å²) in [5, 5.41) is 9.36. The van der Waals surface area contributed by atoms with Crippen molar-refractivity contribution in [3.63, 3.8) is 0 Å². The Labute approximate surface area is 171 Å². The van der Waals surface area contributed by atoms with Crippen LogP contribution in [0.4, 0.5) is 4.39 Å². The Hall–Kier alpha value is -3.00. The summed E-state index contributed by atoms with van der Waals surface area (Å²) in [6.07, 6.45) is 4.91. The zero-order valence-corrected chi connectivity index (χ0v) is 16.9. The van der Waals surface area contributed by atoms with Crippen LogP contribution in [0.2, 0.25) is 0 Å². The van der Waals surface area contributed by atoms with E-state index in [1.54, 1.807) is 24.1 Å². The van der Waals surface area contributed by atoms with Crippen molar-refractivity contribution in [3.8, 4) is 6.07 Å². The highest BCUT2D eigenvalue weighted by molar-refractivity contribution is 5.96. The molecule has 1 amide bonds. The minimum Gasteiger partial charge on any atom is -0.341 e. The number of nitrogens with zero attached hydrogens (tertiary/aromatic N) is 2. The maximum Gasteiger partial charge on any atom is 0.253 e. The smallest absolute Gasteiger partial charge is 0.253 e. The van der Waals surface area contributed by atoms with Crippen molar-refractivity contribution in [2.75, 3.05) is 13.6 Å². The molecule has 1 unspecified atom stereocenters. The summed E-state index contributed by atoms with van der Waals surface area (Å²) in [7, 11) is 1.72. The highest BCUT2D eigenvalue weighted by Gasteiger charge is 2.24. The van der Waals surface area contributed by atoms with Crippen LogP contribution in [0.3, 0.4) is 0 Å². The summed E-state index contributed by atoms with van der Waals surface area (Å²) in [6.45, 7) is 2.15. The molecular formula is C24H25FN2O2. The van der Waals surface area contributed by atoms with E-state index in [0.717, 1.165) is 54.2 Å². The zero-order chi connectivity index (χ0) is 21.0. The number of hydrogen-bond donors (Lipinski definition) is 0. The average Bonchev–Trinajstić information content (AvgIpc) is 2.72. The molecule has 150 valence electrons. The molecule has 0 aliphatic heterocycles. The third-order valence-electron chi connectivity index (χ3n) is 5.72. The molecule has 0 heterocycles. The second kappa shape index (κ2) is 9.00. The Morgan fingerprint density at radius 1 is 1.28 bits per heavy atom. The van der Waals surface area contributed by atoms with Crippen LogP contribution in [0.25, 0.3) is 0 Å². The van der Waals surface area contributed by atoms with E-state index >= 15 is 0 Å². The predicted molar refractivity (Wildman–Crippen MR) is 109 cm³/mol. The Morgan fingerprint density at radius 2 is 2.03 bits per heavy atom. The lowest BCUT2D eigenvalue weighted by molar-refractivity contribution is -0.108. The zero-order valence-electron chi connectivity index (χ0n) is 16.9. The van der Waals surface area contributed by atoms with E-state index in [1.807, 2.05) is 13.0 Å². The Kier molecular flexibility index (Phi) is 6.43. The van der Waals surface area contributed by atoms with Gasteiger partial charge >= 0.3 is 0 Å². The van der Waals surface area contributed by atoms with Gasteiger partial charge in [0.05, 0.1) is 11.6 Å². The van der Waals surface area contributed by atoms with Gasteiger partial charge in [0.15, 0.2) is 0 Å². The molecule has 1 aliphatic rings. The first-order chi connectivity index (χ1) is 13.9. The minimum atomic E-state index is -0.319. The van der Waals surface area contributed by atoms with Gasteiger partial charge in [-0.2, -0.15) is 5.26 Å². The van der Waals surface area contributed by atoms with Gasteiger partial charge in [-0.3, -0.25) is 4.79 Å². The molecule has 0 fully saturated rings. The van der Waals surface area contributed by atoms with Gasteiger partial charge in [-0.25, -0.2) is 4.39 Å². The number of carbonyl (C=O) groups is 2. The number of likely N-dealkylation sites (N-methyl/N-ethyl adjacent to an activating group) is 1. The molecule has 1 aliphatic carbocycles. The molecule has 0 saturated carbocycles. The number of fused-ring (bicyclic) bond motifs is 1. The van der Waals surface area contributed by atoms with Crippen LogP contribution in [0.15, 0.2) is 30.3 Å². The number of halogens is 1. The first kappa shape index (κ1) is 20.7. The summed E-state index contributed by atoms with van der Waals surface area (Å²) in [4.78, 5) is 26.1. The van der Waals surface area contributed by atoms with Gasteiger partial charge in [0.2, 0.25) is 0 Å². The van der Waals surface area contributed by atoms with Gasteiger partial charge in [0.25, 0.3) is 5.91 Å². The van der Waals surface area contributed by atoms with Crippen molar-refractivity contribution in [1.82, 2.24) is 4.90 Å². The predicted octanol–water partition coefficient (Wildman–Crippen LogP) is 4.33. The van der Waals surface area contributed by atoms with Gasteiger partial charge in [0, 0.05) is 31.5 Å². The van der Waals surface area contributed by atoms with Crippen molar-refractivity contribution >= 4 is 12.2 Å². The van der Waals surface area contributed by atoms with Crippen LogP contribution in [-0.4, -0.2) is 30.7 Å². The van der Waals surface area contributed by atoms with E-state index in [1.165, 1.54) is 12.1 Å². The monoisotopic (exact) mass is 392 g/mol. The van der Waals surface area contributed by atoms with Crippen LogP contribution in [-0.2, 0) is 17.6 Å². The van der Waals surface area contributed by atoms with Crippen LogP contribution in [0.1, 0.15) is 63.4 Å². The molecule has 0 aromatic heterocycles. The molecule has 0 bridgehead atoms. The van der Waals surface area contributed by atoms with Gasteiger partial charge in [0.1, 0.15) is 12.1 Å². The van der Waals surface area contributed by atoms with E-state index < -0.39 is 0 Å². The topological polar surface area (TPSA) is 61.2 Å². The van der Waals surface area contributed by atoms with Crippen molar-refractivity contribution in [3.05, 3.63) is 69.5 Å². The van der Waals surface area contributed by atoms with Gasteiger partial charge in [-0.1, -0.05) is 6.07 Å². The van der Waals surface area contributed by atoms with E-state index in [-0.39, 0.29) is 24.1 Å². The minimum absolute atomic E-state index is 0.143. The number of hydrogen-bond acceptors (Lipinski definition) is 3. The molecule has 0 spiro atoms. The van der Waals surface area contributed by atoms with Crippen LogP contribution >= 0.6 is 0 Å². The maximum absolute atomic E-state index is 13.5. The lowest BCUT2D eigenvalue weighted by atomic mass is 9.86. The van der Waals surface area contributed by atoms with E-state index in [0.29, 0.717) is 17.7 Å². The summed E-state index contributed by atoms with van der Waals surface area (Å²) < 4.78 is 13.5. The fraction of sp³-hybridized carbons (Fsp3) is 0.375. The lowest BCUT2D eigenvalue weighted by Crippen LogP contribution is -2.32. The number of aryl methyl sites for hydroxylation is 2. The second-order valence-electron chi connectivity index (χ2n) is 7.77. The standard InChI is InChI=1S/C24H25FN2O2/c1-16-11-20(25)7-8-21(16)19(9-10-28)15-27(2)24(29)23-13-17(14-26)12-18-5-3-4-6-22(18)23/h7-8,10-13,19H,3-6,9,15H2,1-2H3. The van der Waals surface area contributed by atoms with Gasteiger partial charge in [-0.05, 0) is 79.1 Å². The number of carbonyl (C=O) groups excluding carboxylic acids is 2. The van der Waals surface area contributed by atoms with Gasteiger partial charge < -0.3 is 9.69 Å². The van der Waals surface area contributed by atoms with E-state index in [4.69, 9.17) is 0 Å². The number of amides is 1. The highest BCUT2D eigenvalue weighted by atomic mass is 19.1. The van der Waals surface area contributed by atoms with Crippen molar-refractivity contribution < 1.29 is 14.0 Å². The summed E-state index contributed by atoms with van der Waals surface area (Å²) in [5.74, 6) is -0.673. The molecule has 5 heteroatoms. The first-order valence-corrected chi connectivity index (χ1v) is 9.95. The normalized spacial score (nSPS) is 13.9. The number of nitriles is 1. The molecule has 3 rings (SSSR count). The maximum atomic E-state index is 13.5. The average molecular weight is 392 g/mol. The fourth-order valence-corrected chi connectivity index (χ4v) is 4.26. The van der Waals surface area contributed by atoms with Crippen molar-refractivity contribution in [2.24, 2.45) is 0 Å². The molecule has 0 radical (unpaired) electrons. The van der Waals surface area contributed by atoms with Crippen molar-refractivity contribution in [2.45, 2.75) is 44.9 Å². The molecular weight excluding hydrogens is 367 g/mol. The van der Waals surface area contributed by atoms with Crippen LogP contribution in [0, 0.1) is 24.1 Å². The highest BCUT2D eigenvalue weighted by Crippen LogP contribution is 2.29. The molecule has 2 aromatic rings. The van der Waals surface area contributed by atoms with Crippen molar-refractivity contribution in [1.29, 1.82) is 5.26 Å². The molecule has 4 nitrogen and oxygen atoms in total. The Morgan fingerprint density at radius 3 is 2.72 bits per heavy atom. The summed E-state index contributed by atoms with van der Waals surface area (Å²) in [5.41, 5.74) is 4.85. The third kappa shape index (κ3) is 4.54. The Bertz CT molecular complexity index is 978. The molecule has 0 N–H and O–H groups in total. The molecule has 29 heavy (non-hydrogen) atoms. The SMILES string of the molecule is Cc1cc(F)ccc1C(CC=O)CN(C)C(=O)c1cc(C#N)cc2c1CCCC2. The summed E-state index contributed by atoms with van der Waals surface area (Å²) >= 11 is 0. The second-order valence-corrected chi connectivity index (χ2v) is 7.77. The number of aldehydes is 1. The third-order valence-corrected chi connectivity index (χ3v) is 5.72. The molecule has 2 aromatic carbocycles. The van der Waals surface area contributed by atoms with E-state index in [9.17, 15) is 19.2 Å². The molecule has 1 atom stereocenters. The quantitative estimate of drug-likeness (QED) is 0.688. The number of benzene rings is 2. The fourth-order valence-electron chi connectivity index (χ4n) is 4.26. The first-order valence-electron chi connectivity index (χ1n) is 9.95. The van der Waals surface area contributed by atoms with E-state index in [2.05, 4.69) is 6.07 Å².